The third kappa shape index (κ3) is 4.21. The molecule has 0 unspecified atom stereocenters. The number of carbonyl (C=O) groups excluding carboxylic acids is 1. The van der Waals surface area contributed by atoms with Crippen molar-refractivity contribution in [2.45, 2.75) is 50.8 Å². The molecule has 0 saturated heterocycles. The standard InChI is InChI=1S/C26H28FN5O2/c1-26(34)10-4-3-7-23(26)30-25(33)20-16-32(22-6-5-11-28-24(20)22)15-18-9-8-17(12-21(18)27)19-13-29-31(2)14-19/h5-6,8-9,11-14,16,23,34H,3-4,7,10,15H2,1-2H3,(H,30,33)/t23-,26-/m0/s1. The van der Waals surface area contributed by atoms with Gasteiger partial charge in [0, 0.05) is 36.8 Å². The highest BCUT2D eigenvalue weighted by Crippen LogP contribution is 2.29. The summed E-state index contributed by atoms with van der Waals surface area (Å²) in [4.78, 5) is 17.6. The molecule has 1 aromatic carbocycles. The molecular weight excluding hydrogens is 433 g/mol. The molecule has 34 heavy (non-hydrogen) atoms. The van der Waals surface area contributed by atoms with E-state index in [0.29, 0.717) is 23.1 Å². The second kappa shape index (κ2) is 8.68. The number of aryl methyl sites for hydroxylation is 1. The molecule has 176 valence electrons. The second-order valence-electron chi connectivity index (χ2n) is 9.38. The lowest BCUT2D eigenvalue weighted by molar-refractivity contribution is -0.00860. The molecule has 3 heterocycles. The second-order valence-corrected chi connectivity index (χ2v) is 9.38. The van der Waals surface area contributed by atoms with E-state index in [-0.39, 0.29) is 24.3 Å². The van der Waals surface area contributed by atoms with Crippen LogP contribution in [-0.2, 0) is 13.6 Å². The van der Waals surface area contributed by atoms with Gasteiger partial charge in [-0.1, -0.05) is 25.0 Å². The van der Waals surface area contributed by atoms with Crippen molar-refractivity contribution in [3.8, 4) is 11.1 Å². The summed E-state index contributed by atoms with van der Waals surface area (Å²) in [6.07, 6.45) is 10.2. The quantitative estimate of drug-likeness (QED) is 0.470. The van der Waals surface area contributed by atoms with E-state index < -0.39 is 5.60 Å². The molecule has 1 fully saturated rings. The van der Waals surface area contributed by atoms with Gasteiger partial charge in [0.25, 0.3) is 5.91 Å². The Bertz CT molecular complexity index is 1360. The van der Waals surface area contributed by atoms with Crippen LogP contribution in [0, 0.1) is 5.82 Å². The maximum absolute atomic E-state index is 15.0. The molecular formula is C26H28FN5O2. The van der Waals surface area contributed by atoms with Gasteiger partial charge in [0.2, 0.25) is 0 Å². The van der Waals surface area contributed by atoms with Crippen LogP contribution in [0.25, 0.3) is 22.2 Å². The van der Waals surface area contributed by atoms with E-state index in [1.54, 1.807) is 42.3 Å². The zero-order valence-corrected chi connectivity index (χ0v) is 19.3. The summed E-state index contributed by atoms with van der Waals surface area (Å²) >= 11 is 0. The average Bonchev–Trinajstić information content (AvgIpc) is 3.40. The number of nitrogens with one attached hydrogen (secondary N) is 1. The Hall–Kier alpha value is -3.52. The fourth-order valence-corrected chi connectivity index (χ4v) is 4.81. The number of halogens is 1. The Morgan fingerprint density at radius 1 is 1.26 bits per heavy atom. The lowest BCUT2D eigenvalue weighted by Crippen LogP contribution is -2.52. The van der Waals surface area contributed by atoms with Crippen LogP contribution < -0.4 is 5.32 Å². The number of hydrogen-bond donors (Lipinski definition) is 2. The average molecular weight is 462 g/mol. The van der Waals surface area contributed by atoms with Crippen molar-refractivity contribution >= 4 is 16.9 Å². The molecule has 1 amide bonds. The van der Waals surface area contributed by atoms with Crippen LogP contribution >= 0.6 is 0 Å². The van der Waals surface area contributed by atoms with Crippen LogP contribution in [0.2, 0.25) is 0 Å². The minimum absolute atomic E-state index is 0.260. The van der Waals surface area contributed by atoms with Gasteiger partial charge < -0.3 is 15.0 Å². The number of hydrogen-bond acceptors (Lipinski definition) is 4. The monoisotopic (exact) mass is 461 g/mol. The van der Waals surface area contributed by atoms with Crippen molar-refractivity contribution in [3.63, 3.8) is 0 Å². The molecule has 1 aliphatic carbocycles. The molecule has 2 N–H and O–H groups in total. The third-order valence-corrected chi connectivity index (χ3v) is 6.79. The first-order valence-corrected chi connectivity index (χ1v) is 11.6. The normalized spacial score (nSPS) is 20.5. The highest BCUT2D eigenvalue weighted by atomic mass is 19.1. The Labute approximate surface area is 197 Å². The van der Waals surface area contributed by atoms with Gasteiger partial charge in [-0.15, -0.1) is 0 Å². The molecule has 4 aromatic rings. The molecule has 7 nitrogen and oxygen atoms in total. The van der Waals surface area contributed by atoms with Gasteiger partial charge in [-0.05, 0) is 43.5 Å². The summed E-state index contributed by atoms with van der Waals surface area (Å²) in [5.74, 6) is -0.599. The molecule has 0 bridgehead atoms. The SMILES string of the molecule is Cn1cc(-c2ccc(Cn3cc(C(=O)N[C@H]4CCCC[C@]4(C)O)c4ncccc43)c(F)c2)cn1. The van der Waals surface area contributed by atoms with Crippen molar-refractivity contribution < 1.29 is 14.3 Å². The maximum Gasteiger partial charge on any atom is 0.255 e. The lowest BCUT2D eigenvalue weighted by Gasteiger charge is -2.37. The first kappa shape index (κ1) is 22.3. The third-order valence-electron chi connectivity index (χ3n) is 6.79. The van der Waals surface area contributed by atoms with Gasteiger partial charge >= 0.3 is 0 Å². The molecule has 0 spiro atoms. The Morgan fingerprint density at radius 3 is 2.85 bits per heavy atom. The summed E-state index contributed by atoms with van der Waals surface area (Å²) in [6, 6.07) is 8.51. The molecule has 3 aromatic heterocycles. The Morgan fingerprint density at radius 2 is 2.12 bits per heavy atom. The van der Waals surface area contributed by atoms with Crippen molar-refractivity contribution in [1.29, 1.82) is 0 Å². The van der Waals surface area contributed by atoms with Crippen molar-refractivity contribution in [2.75, 3.05) is 0 Å². The van der Waals surface area contributed by atoms with Crippen LogP contribution in [0.3, 0.4) is 0 Å². The summed E-state index contributed by atoms with van der Waals surface area (Å²) in [5.41, 5.74) is 2.91. The number of carbonyl (C=O) groups is 1. The van der Waals surface area contributed by atoms with Gasteiger partial charge in [-0.3, -0.25) is 14.5 Å². The largest absolute Gasteiger partial charge is 0.388 e. The first-order valence-electron chi connectivity index (χ1n) is 11.6. The van der Waals surface area contributed by atoms with Crippen LogP contribution in [0.5, 0.6) is 0 Å². The summed E-state index contributed by atoms with van der Waals surface area (Å²) in [6.45, 7) is 2.03. The molecule has 1 saturated carbocycles. The zero-order valence-electron chi connectivity index (χ0n) is 19.3. The molecule has 0 radical (unpaired) electrons. The van der Waals surface area contributed by atoms with Gasteiger partial charge in [0.05, 0.1) is 35.5 Å². The van der Waals surface area contributed by atoms with Crippen LogP contribution in [0.1, 0.15) is 48.5 Å². The maximum atomic E-state index is 15.0. The highest BCUT2D eigenvalue weighted by molar-refractivity contribution is 6.05. The lowest BCUT2D eigenvalue weighted by atomic mass is 9.81. The minimum Gasteiger partial charge on any atom is -0.388 e. The number of aromatic nitrogens is 4. The fourth-order valence-electron chi connectivity index (χ4n) is 4.81. The predicted octanol–water partition coefficient (Wildman–Crippen LogP) is 4.05. The summed E-state index contributed by atoms with van der Waals surface area (Å²) < 4.78 is 18.6. The van der Waals surface area contributed by atoms with E-state index in [2.05, 4.69) is 15.4 Å². The Balaban J connectivity index is 1.43. The molecule has 0 aliphatic heterocycles. The summed E-state index contributed by atoms with van der Waals surface area (Å²) in [5, 5.41) is 17.9. The van der Waals surface area contributed by atoms with E-state index in [4.69, 9.17) is 0 Å². The van der Waals surface area contributed by atoms with Gasteiger partial charge in [0.1, 0.15) is 11.3 Å². The number of fused-ring (bicyclic) bond motifs is 1. The predicted molar refractivity (Wildman–Crippen MR) is 128 cm³/mol. The van der Waals surface area contributed by atoms with Crippen LogP contribution in [-0.4, -0.2) is 42.0 Å². The van der Waals surface area contributed by atoms with Crippen molar-refractivity contribution in [1.82, 2.24) is 24.6 Å². The topological polar surface area (TPSA) is 85.0 Å². The van der Waals surface area contributed by atoms with Crippen LogP contribution in [0.15, 0.2) is 55.1 Å². The van der Waals surface area contributed by atoms with Gasteiger partial charge in [0.15, 0.2) is 0 Å². The van der Waals surface area contributed by atoms with Gasteiger partial charge in [-0.25, -0.2) is 4.39 Å². The van der Waals surface area contributed by atoms with E-state index in [1.807, 2.05) is 29.9 Å². The highest BCUT2D eigenvalue weighted by Gasteiger charge is 2.36. The zero-order chi connectivity index (χ0) is 23.9. The smallest absolute Gasteiger partial charge is 0.255 e. The fraction of sp³-hybridized carbons (Fsp3) is 0.346. The number of aliphatic hydroxyl groups is 1. The number of pyridine rings is 1. The molecule has 1 aliphatic rings. The molecule has 5 rings (SSSR count). The number of benzene rings is 1. The van der Waals surface area contributed by atoms with Crippen molar-refractivity contribution in [3.05, 3.63) is 72.1 Å². The van der Waals surface area contributed by atoms with Crippen LogP contribution in [0.4, 0.5) is 4.39 Å². The number of nitrogens with zero attached hydrogens (tertiary/aromatic N) is 4. The van der Waals surface area contributed by atoms with E-state index in [0.717, 1.165) is 35.9 Å². The van der Waals surface area contributed by atoms with E-state index >= 15 is 4.39 Å². The van der Waals surface area contributed by atoms with E-state index in [1.165, 1.54) is 6.07 Å². The molecule has 8 heteroatoms. The van der Waals surface area contributed by atoms with E-state index in [9.17, 15) is 9.90 Å². The Kier molecular flexibility index (Phi) is 5.69. The van der Waals surface area contributed by atoms with Crippen molar-refractivity contribution in [2.24, 2.45) is 7.05 Å². The summed E-state index contributed by atoms with van der Waals surface area (Å²) in [7, 11) is 1.82. The molecule has 2 atom stereocenters. The van der Waals surface area contributed by atoms with Gasteiger partial charge in [-0.2, -0.15) is 5.10 Å². The number of amides is 1. The number of rotatable bonds is 5. The first-order chi connectivity index (χ1) is 16.3. The minimum atomic E-state index is -0.932.